The standard InChI is InChI=1S/C14H10Cl4N2/c1-7-2-11(17)14(12(18)3-7)20-6-8-4-9(15)13(19)10(16)5-8/h2-6H,19H2,1H3. The van der Waals surface area contributed by atoms with Crippen molar-refractivity contribution in [2.45, 2.75) is 6.92 Å². The summed E-state index contributed by atoms with van der Waals surface area (Å²) in [6.07, 6.45) is 1.58. The third-order valence-electron chi connectivity index (χ3n) is 2.61. The zero-order valence-electron chi connectivity index (χ0n) is 10.4. The number of aliphatic imine (C=N–C) groups is 1. The van der Waals surface area contributed by atoms with Crippen LogP contribution >= 0.6 is 46.4 Å². The van der Waals surface area contributed by atoms with Crippen LogP contribution < -0.4 is 5.73 Å². The minimum Gasteiger partial charge on any atom is -0.396 e. The van der Waals surface area contributed by atoms with Gasteiger partial charge in [-0.15, -0.1) is 0 Å². The molecule has 0 amide bonds. The highest BCUT2D eigenvalue weighted by Gasteiger charge is 2.06. The van der Waals surface area contributed by atoms with Gasteiger partial charge in [0.05, 0.1) is 25.8 Å². The molecule has 0 bridgehead atoms. The van der Waals surface area contributed by atoms with Gasteiger partial charge in [0.15, 0.2) is 0 Å². The summed E-state index contributed by atoms with van der Waals surface area (Å²) in [5.41, 5.74) is 8.20. The van der Waals surface area contributed by atoms with Crippen LogP contribution in [0.4, 0.5) is 11.4 Å². The van der Waals surface area contributed by atoms with Gasteiger partial charge in [0.2, 0.25) is 0 Å². The summed E-state index contributed by atoms with van der Waals surface area (Å²) in [5, 5.41) is 1.72. The van der Waals surface area contributed by atoms with E-state index < -0.39 is 0 Å². The zero-order chi connectivity index (χ0) is 14.9. The maximum Gasteiger partial charge on any atom is 0.100 e. The van der Waals surface area contributed by atoms with Crippen LogP contribution in [0.25, 0.3) is 0 Å². The van der Waals surface area contributed by atoms with Crippen LogP contribution in [0.5, 0.6) is 0 Å². The molecule has 0 saturated heterocycles. The summed E-state index contributed by atoms with van der Waals surface area (Å²) < 4.78 is 0. The largest absolute Gasteiger partial charge is 0.396 e. The Morgan fingerprint density at radius 3 is 1.90 bits per heavy atom. The molecule has 2 nitrogen and oxygen atoms in total. The van der Waals surface area contributed by atoms with Crippen LogP contribution in [0.3, 0.4) is 0 Å². The van der Waals surface area contributed by atoms with E-state index in [1.807, 2.05) is 6.92 Å². The lowest BCUT2D eigenvalue weighted by Crippen LogP contribution is -1.90. The number of hydrogen-bond acceptors (Lipinski definition) is 2. The van der Waals surface area contributed by atoms with Gasteiger partial charge >= 0.3 is 0 Å². The maximum atomic E-state index is 6.12. The highest BCUT2D eigenvalue weighted by Crippen LogP contribution is 2.34. The molecule has 0 saturated carbocycles. The van der Waals surface area contributed by atoms with Gasteiger partial charge in [0.1, 0.15) is 5.69 Å². The van der Waals surface area contributed by atoms with Crippen molar-refractivity contribution >= 4 is 64.0 Å². The van der Waals surface area contributed by atoms with Crippen LogP contribution in [0.15, 0.2) is 29.3 Å². The van der Waals surface area contributed by atoms with Crippen molar-refractivity contribution in [2.24, 2.45) is 4.99 Å². The third kappa shape index (κ3) is 3.39. The third-order valence-corrected chi connectivity index (χ3v) is 3.81. The SMILES string of the molecule is Cc1cc(Cl)c(N=Cc2cc(Cl)c(N)c(Cl)c2)c(Cl)c1. The van der Waals surface area contributed by atoms with Crippen molar-refractivity contribution in [3.8, 4) is 0 Å². The van der Waals surface area contributed by atoms with E-state index in [1.54, 1.807) is 30.5 Å². The molecule has 2 aromatic carbocycles. The molecule has 2 rings (SSSR count). The average Bonchev–Trinajstić information content (AvgIpc) is 2.34. The van der Waals surface area contributed by atoms with Crippen LogP contribution in [0, 0.1) is 6.92 Å². The molecule has 0 fully saturated rings. The fourth-order valence-electron chi connectivity index (χ4n) is 1.63. The molecule has 0 spiro atoms. The Morgan fingerprint density at radius 2 is 1.40 bits per heavy atom. The van der Waals surface area contributed by atoms with E-state index in [2.05, 4.69) is 4.99 Å². The Labute approximate surface area is 137 Å². The average molecular weight is 348 g/mol. The fourth-order valence-corrected chi connectivity index (χ4v) is 2.83. The van der Waals surface area contributed by atoms with E-state index in [0.29, 0.717) is 37.0 Å². The first-order chi connectivity index (χ1) is 9.38. The van der Waals surface area contributed by atoms with Crippen LogP contribution in [0.1, 0.15) is 11.1 Å². The summed E-state index contributed by atoms with van der Waals surface area (Å²) in [4.78, 5) is 4.28. The number of anilines is 1. The Balaban J connectivity index is 2.40. The lowest BCUT2D eigenvalue weighted by molar-refractivity contribution is 1.44. The van der Waals surface area contributed by atoms with Gasteiger partial charge in [-0.1, -0.05) is 46.4 Å². The minimum atomic E-state index is 0.344. The van der Waals surface area contributed by atoms with Crippen molar-refractivity contribution < 1.29 is 0 Å². The predicted octanol–water partition coefficient (Wildman–Crippen LogP) is 5.94. The lowest BCUT2D eigenvalue weighted by Gasteiger charge is -2.05. The van der Waals surface area contributed by atoms with Crippen molar-refractivity contribution in [1.29, 1.82) is 0 Å². The first-order valence-electron chi connectivity index (χ1n) is 5.62. The smallest absolute Gasteiger partial charge is 0.100 e. The summed E-state index contributed by atoms with van der Waals surface area (Å²) >= 11 is 24.2. The Morgan fingerprint density at radius 1 is 0.900 bits per heavy atom. The van der Waals surface area contributed by atoms with E-state index in [4.69, 9.17) is 52.1 Å². The number of nitrogen functional groups attached to an aromatic ring is 1. The van der Waals surface area contributed by atoms with Crippen molar-refractivity contribution in [3.05, 3.63) is 55.5 Å². The molecular weight excluding hydrogens is 338 g/mol. The molecule has 6 heteroatoms. The molecule has 0 aliphatic heterocycles. The number of hydrogen-bond donors (Lipinski definition) is 1. The molecule has 2 N–H and O–H groups in total. The summed E-state index contributed by atoms with van der Waals surface area (Å²) in [5.74, 6) is 0. The molecule has 0 heterocycles. The van der Waals surface area contributed by atoms with Gasteiger partial charge in [-0.05, 0) is 42.3 Å². The van der Waals surface area contributed by atoms with Gasteiger partial charge in [0, 0.05) is 6.21 Å². The fraction of sp³-hybridized carbons (Fsp3) is 0.0714. The first-order valence-corrected chi connectivity index (χ1v) is 7.14. The van der Waals surface area contributed by atoms with Crippen molar-refractivity contribution in [3.63, 3.8) is 0 Å². The van der Waals surface area contributed by atoms with Gasteiger partial charge in [0.25, 0.3) is 0 Å². The first kappa shape index (κ1) is 15.5. The summed E-state index contributed by atoms with van der Waals surface area (Å²) in [7, 11) is 0. The molecule has 0 aromatic heterocycles. The molecule has 104 valence electrons. The van der Waals surface area contributed by atoms with E-state index >= 15 is 0 Å². The van der Waals surface area contributed by atoms with Crippen LogP contribution in [0.2, 0.25) is 20.1 Å². The zero-order valence-corrected chi connectivity index (χ0v) is 13.4. The molecule has 2 aromatic rings. The van der Waals surface area contributed by atoms with Gasteiger partial charge in [-0.25, -0.2) is 0 Å². The molecule has 20 heavy (non-hydrogen) atoms. The van der Waals surface area contributed by atoms with Crippen LogP contribution in [-0.2, 0) is 0 Å². The Kier molecular flexibility index (Phi) is 4.82. The van der Waals surface area contributed by atoms with Crippen molar-refractivity contribution in [2.75, 3.05) is 5.73 Å². The van der Waals surface area contributed by atoms with E-state index in [9.17, 15) is 0 Å². The molecular formula is C14H10Cl4N2. The summed E-state index contributed by atoms with van der Waals surface area (Å²) in [6.45, 7) is 1.91. The van der Waals surface area contributed by atoms with Crippen LogP contribution in [-0.4, -0.2) is 6.21 Å². The maximum absolute atomic E-state index is 6.12. The highest BCUT2D eigenvalue weighted by atomic mass is 35.5. The quantitative estimate of drug-likeness (QED) is 0.529. The second-order valence-corrected chi connectivity index (χ2v) is 5.86. The number of nitrogens with zero attached hydrogens (tertiary/aromatic N) is 1. The second-order valence-electron chi connectivity index (χ2n) is 4.23. The highest BCUT2D eigenvalue weighted by molar-refractivity contribution is 6.40. The second kappa shape index (κ2) is 6.23. The molecule has 0 radical (unpaired) electrons. The van der Waals surface area contributed by atoms with Gasteiger partial charge in [-0.2, -0.15) is 0 Å². The van der Waals surface area contributed by atoms with E-state index in [-0.39, 0.29) is 0 Å². The van der Waals surface area contributed by atoms with Crippen molar-refractivity contribution in [1.82, 2.24) is 0 Å². The number of halogens is 4. The molecule has 0 aliphatic carbocycles. The Hall–Kier alpha value is -0.930. The monoisotopic (exact) mass is 346 g/mol. The normalized spacial score (nSPS) is 11.2. The van der Waals surface area contributed by atoms with E-state index in [0.717, 1.165) is 5.56 Å². The summed E-state index contributed by atoms with van der Waals surface area (Å²) in [6, 6.07) is 6.93. The molecule has 0 aliphatic rings. The number of rotatable bonds is 2. The number of nitrogens with two attached hydrogens (primary N) is 1. The van der Waals surface area contributed by atoms with Gasteiger partial charge in [-0.3, -0.25) is 4.99 Å². The molecule has 0 unspecified atom stereocenters. The number of benzene rings is 2. The topological polar surface area (TPSA) is 38.4 Å². The predicted molar refractivity (Wildman–Crippen MR) is 89.3 cm³/mol. The minimum absolute atomic E-state index is 0.344. The Bertz CT molecular complexity index is 650. The lowest BCUT2D eigenvalue weighted by atomic mass is 10.2. The molecule has 0 atom stereocenters. The number of aryl methyl sites for hydroxylation is 1. The van der Waals surface area contributed by atoms with E-state index in [1.165, 1.54) is 0 Å². The van der Waals surface area contributed by atoms with Gasteiger partial charge < -0.3 is 5.73 Å².